The van der Waals surface area contributed by atoms with Crippen LogP contribution in [0.25, 0.3) is 5.57 Å². The maximum Gasteiger partial charge on any atom is 0.239 e. The summed E-state index contributed by atoms with van der Waals surface area (Å²) in [4.78, 5) is 14.0. The molecule has 0 saturated carbocycles. The third-order valence-electron chi connectivity index (χ3n) is 6.62. The van der Waals surface area contributed by atoms with Crippen molar-refractivity contribution in [2.75, 3.05) is 13.1 Å². The zero-order valence-electron chi connectivity index (χ0n) is 20.3. The molecule has 0 spiro atoms. The van der Waals surface area contributed by atoms with E-state index in [9.17, 15) is 9.18 Å². The summed E-state index contributed by atoms with van der Waals surface area (Å²) in [5, 5.41) is 4.80. The first kappa shape index (κ1) is 26.4. The number of halogens is 3. The van der Waals surface area contributed by atoms with Crippen LogP contribution >= 0.6 is 23.2 Å². The molecule has 36 heavy (non-hydrogen) atoms. The number of hydrogen-bond donors (Lipinski definition) is 2. The van der Waals surface area contributed by atoms with E-state index >= 15 is 0 Å². The van der Waals surface area contributed by atoms with E-state index in [2.05, 4.69) is 11.7 Å². The maximum atomic E-state index is 14.0. The molecule has 1 fully saturated rings. The van der Waals surface area contributed by atoms with Gasteiger partial charge in [0.1, 0.15) is 17.7 Å². The Bertz CT molecular complexity index is 1230. The number of rotatable bonds is 6. The number of carbonyl (C=O) groups excluding carboxylic acids is 1. The SMILES string of the molecule is C=C1C=C(c2cnn(C3CCN(C(=O)C(C)N)CC3)c2)C=C(OC(C)c2c(Cl)ccc(F)c2Cl)C1N. The van der Waals surface area contributed by atoms with Crippen LogP contribution in [-0.2, 0) is 9.53 Å². The van der Waals surface area contributed by atoms with Crippen LogP contribution in [0.2, 0.25) is 10.0 Å². The van der Waals surface area contributed by atoms with Gasteiger partial charge in [-0.3, -0.25) is 9.48 Å². The average Bonchev–Trinajstić information content (AvgIpc) is 3.34. The number of allylic oxidation sites excluding steroid dienone is 2. The van der Waals surface area contributed by atoms with Gasteiger partial charge < -0.3 is 21.1 Å². The van der Waals surface area contributed by atoms with Crippen molar-refractivity contribution < 1.29 is 13.9 Å². The van der Waals surface area contributed by atoms with E-state index in [0.717, 1.165) is 24.0 Å². The number of nitrogens with zero attached hydrogens (tertiary/aromatic N) is 3. The van der Waals surface area contributed by atoms with Crippen LogP contribution in [0.3, 0.4) is 0 Å². The molecule has 1 amide bonds. The molecular weight excluding hydrogens is 504 g/mol. The summed E-state index contributed by atoms with van der Waals surface area (Å²) in [6.45, 7) is 8.82. The number of nitrogens with two attached hydrogens (primary N) is 2. The Morgan fingerprint density at radius 2 is 1.94 bits per heavy atom. The Hall–Kier alpha value is -2.65. The molecule has 10 heteroatoms. The van der Waals surface area contributed by atoms with Crippen molar-refractivity contribution in [3.8, 4) is 0 Å². The number of piperidine rings is 1. The van der Waals surface area contributed by atoms with Gasteiger partial charge in [-0.2, -0.15) is 5.10 Å². The van der Waals surface area contributed by atoms with E-state index < -0.39 is 24.0 Å². The van der Waals surface area contributed by atoms with Gasteiger partial charge in [-0.05, 0) is 62.1 Å². The van der Waals surface area contributed by atoms with Crippen molar-refractivity contribution in [1.82, 2.24) is 14.7 Å². The lowest BCUT2D eigenvalue weighted by Gasteiger charge is -2.33. The highest BCUT2D eigenvalue weighted by Crippen LogP contribution is 2.37. The predicted molar refractivity (Wildman–Crippen MR) is 140 cm³/mol. The summed E-state index contributed by atoms with van der Waals surface area (Å²) in [5.74, 6) is -0.125. The molecule has 0 radical (unpaired) electrons. The zero-order chi connectivity index (χ0) is 26.1. The van der Waals surface area contributed by atoms with E-state index in [0.29, 0.717) is 35.0 Å². The van der Waals surface area contributed by atoms with Gasteiger partial charge in [0.2, 0.25) is 5.91 Å². The Kier molecular flexibility index (Phi) is 7.90. The molecule has 0 bridgehead atoms. The van der Waals surface area contributed by atoms with Crippen LogP contribution in [0.1, 0.15) is 50.0 Å². The fourth-order valence-corrected chi connectivity index (χ4v) is 5.21. The smallest absolute Gasteiger partial charge is 0.239 e. The van der Waals surface area contributed by atoms with Crippen LogP contribution in [0.4, 0.5) is 4.39 Å². The first-order valence-corrected chi connectivity index (χ1v) is 12.6. The van der Waals surface area contributed by atoms with Gasteiger partial charge in [-0.15, -0.1) is 0 Å². The minimum absolute atomic E-state index is 0.0236. The van der Waals surface area contributed by atoms with Crippen molar-refractivity contribution in [2.45, 2.75) is 50.9 Å². The highest BCUT2D eigenvalue weighted by molar-refractivity contribution is 6.36. The quantitative estimate of drug-likeness (QED) is 0.520. The van der Waals surface area contributed by atoms with Gasteiger partial charge in [0.05, 0.1) is 29.3 Å². The van der Waals surface area contributed by atoms with Crippen LogP contribution in [0.5, 0.6) is 0 Å². The molecule has 3 atom stereocenters. The van der Waals surface area contributed by atoms with Gasteiger partial charge in [-0.1, -0.05) is 29.8 Å². The molecule has 4 N–H and O–H groups in total. The van der Waals surface area contributed by atoms with Crippen molar-refractivity contribution >= 4 is 34.7 Å². The topological polar surface area (TPSA) is 99.4 Å². The summed E-state index contributed by atoms with van der Waals surface area (Å²) >= 11 is 12.4. The zero-order valence-corrected chi connectivity index (χ0v) is 21.8. The van der Waals surface area contributed by atoms with E-state index in [4.69, 9.17) is 39.4 Å². The summed E-state index contributed by atoms with van der Waals surface area (Å²) in [7, 11) is 0. The fraction of sp³-hybridized carbons (Fsp3) is 0.385. The van der Waals surface area contributed by atoms with Crippen LogP contribution in [0, 0.1) is 5.82 Å². The molecule has 7 nitrogen and oxygen atoms in total. The second-order valence-electron chi connectivity index (χ2n) is 9.27. The largest absolute Gasteiger partial charge is 0.488 e. The number of amides is 1. The first-order chi connectivity index (χ1) is 17.1. The molecule has 1 aliphatic carbocycles. The molecule has 3 unspecified atom stereocenters. The second-order valence-corrected chi connectivity index (χ2v) is 10.1. The Labute approximate surface area is 220 Å². The summed E-state index contributed by atoms with van der Waals surface area (Å²) < 4.78 is 22.1. The predicted octanol–water partition coefficient (Wildman–Crippen LogP) is 4.78. The lowest BCUT2D eigenvalue weighted by atomic mass is 9.94. The van der Waals surface area contributed by atoms with Gasteiger partial charge in [0, 0.05) is 35.4 Å². The molecule has 4 rings (SSSR count). The minimum Gasteiger partial charge on any atom is -0.488 e. The Morgan fingerprint density at radius 1 is 1.25 bits per heavy atom. The van der Waals surface area contributed by atoms with Crippen LogP contribution in [-0.4, -0.2) is 45.8 Å². The normalized spacial score (nSPS) is 20.6. The fourth-order valence-electron chi connectivity index (χ4n) is 4.53. The van der Waals surface area contributed by atoms with E-state index in [1.165, 1.54) is 12.1 Å². The van der Waals surface area contributed by atoms with Crippen LogP contribution < -0.4 is 11.5 Å². The van der Waals surface area contributed by atoms with Crippen LogP contribution in [0.15, 0.2) is 54.6 Å². The highest BCUT2D eigenvalue weighted by atomic mass is 35.5. The van der Waals surface area contributed by atoms with Gasteiger partial charge in [0.25, 0.3) is 0 Å². The molecular formula is C26H30Cl2FN5O2. The van der Waals surface area contributed by atoms with Crippen molar-refractivity contribution in [3.05, 3.63) is 81.6 Å². The standard InChI is InChI=1S/C26H30Cl2FN5O2/c1-14-10-17(11-22(25(14)31)36-16(3)23-20(27)4-5-21(29)24(23)28)18-12-32-34(13-18)19-6-8-33(9-7-19)26(35)15(2)30/h4-5,10-13,15-16,19,25H,1,6-9,30-31H2,2-3H3. The molecule has 1 aromatic heterocycles. The molecule has 1 aromatic carbocycles. The van der Waals surface area contributed by atoms with E-state index in [1.54, 1.807) is 20.0 Å². The van der Waals surface area contributed by atoms with Gasteiger partial charge in [-0.25, -0.2) is 4.39 Å². The average molecular weight is 534 g/mol. The molecule has 2 aromatic rings. The van der Waals surface area contributed by atoms with Crippen molar-refractivity contribution in [2.24, 2.45) is 11.5 Å². The maximum absolute atomic E-state index is 14.0. The van der Waals surface area contributed by atoms with Crippen molar-refractivity contribution in [3.63, 3.8) is 0 Å². The number of carbonyl (C=O) groups is 1. The highest BCUT2D eigenvalue weighted by Gasteiger charge is 2.28. The Morgan fingerprint density at radius 3 is 2.61 bits per heavy atom. The van der Waals surface area contributed by atoms with Gasteiger partial charge in [0.15, 0.2) is 0 Å². The number of benzene rings is 1. The summed E-state index contributed by atoms with van der Waals surface area (Å²) in [6, 6.07) is 1.79. The Balaban J connectivity index is 1.50. The van der Waals surface area contributed by atoms with E-state index in [-0.39, 0.29) is 17.0 Å². The number of aromatic nitrogens is 2. The first-order valence-electron chi connectivity index (χ1n) is 11.8. The molecule has 1 saturated heterocycles. The number of hydrogen-bond acceptors (Lipinski definition) is 5. The number of ether oxygens (including phenoxy) is 1. The molecule has 2 aliphatic rings. The summed E-state index contributed by atoms with van der Waals surface area (Å²) in [6.07, 6.45) is 8.45. The molecule has 2 heterocycles. The van der Waals surface area contributed by atoms with E-state index in [1.807, 2.05) is 27.9 Å². The monoisotopic (exact) mass is 533 g/mol. The van der Waals surface area contributed by atoms with Gasteiger partial charge >= 0.3 is 0 Å². The number of likely N-dealkylation sites (tertiary alicyclic amines) is 1. The third-order valence-corrected chi connectivity index (χ3v) is 7.33. The van der Waals surface area contributed by atoms with Crippen molar-refractivity contribution in [1.29, 1.82) is 0 Å². The summed E-state index contributed by atoms with van der Waals surface area (Å²) in [5.41, 5.74) is 14.8. The molecule has 1 aliphatic heterocycles. The third kappa shape index (κ3) is 5.37. The second kappa shape index (κ2) is 10.8. The molecule has 192 valence electrons. The lowest BCUT2D eigenvalue weighted by Crippen LogP contribution is -2.46. The minimum atomic E-state index is -0.642. The lowest BCUT2D eigenvalue weighted by molar-refractivity contribution is -0.133.